The normalized spacial score (nSPS) is 12.2. The quantitative estimate of drug-likeness (QED) is 0.399. The molecule has 0 radical (unpaired) electrons. The van der Waals surface area contributed by atoms with E-state index in [1.54, 1.807) is 18.2 Å². The van der Waals surface area contributed by atoms with Gasteiger partial charge in [0.05, 0.1) is 30.4 Å². The number of amides is 2. The van der Waals surface area contributed by atoms with Gasteiger partial charge in [0.25, 0.3) is 5.91 Å². The molecule has 0 fully saturated rings. The third kappa shape index (κ3) is 7.78. The number of aromatic nitrogens is 4. The van der Waals surface area contributed by atoms with Gasteiger partial charge in [-0.25, -0.2) is 4.98 Å². The predicted octanol–water partition coefficient (Wildman–Crippen LogP) is 3.60. The summed E-state index contributed by atoms with van der Waals surface area (Å²) in [4.78, 5) is 31.0. The lowest BCUT2D eigenvalue weighted by Gasteiger charge is -2.07. The first-order valence-electron chi connectivity index (χ1n) is 10.1. The fourth-order valence-corrected chi connectivity index (χ4v) is 2.95. The van der Waals surface area contributed by atoms with Gasteiger partial charge in [-0.1, -0.05) is 6.07 Å². The van der Waals surface area contributed by atoms with Gasteiger partial charge in [0.15, 0.2) is 0 Å². The van der Waals surface area contributed by atoms with Crippen LogP contribution in [-0.4, -0.2) is 43.9 Å². The average Bonchev–Trinajstić information content (AvgIpc) is 3.38. The summed E-state index contributed by atoms with van der Waals surface area (Å²) in [7, 11) is 0. The molecule has 3 rings (SSSR count). The first kappa shape index (κ1) is 25.1. The van der Waals surface area contributed by atoms with Gasteiger partial charge in [-0.05, 0) is 23.8 Å². The summed E-state index contributed by atoms with van der Waals surface area (Å²) < 4.78 is 74.4. The van der Waals surface area contributed by atoms with Gasteiger partial charge in [-0.2, -0.15) is 31.4 Å². The van der Waals surface area contributed by atoms with Crippen LogP contribution in [0.25, 0.3) is 11.0 Å². The van der Waals surface area contributed by atoms with Gasteiger partial charge in [0.2, 0.25) is 5.91 Å². The number of benzene rings is 1. The van der Waals surface area contributed by atoms with E-state index in [0.717, 1.165) is 4.68 Å². The van der Waals surface area contributed by atoms with E-state index in [9.17, 15) is 35.9 Å². The number of carbonyl (C=O) groups is 2. The molecule has 2 amide bonds. The number of hydrogen-bond donors (Lipinski definition) is 3. The van der Waals surface area contributed by atoms with Gasteiger partial charge < -0.3 is 15.6 Å². The Morgan fingerprint density at radius 2 is 1.71 bits per heavy atom. The molecule has 3 N–H and O–H groups in total. The molecule has 0 saturated carbocycles. The van der Waals surface area contributed by atoms with Crippen LogP contribution in [0.3, 0.4) is 0 Å². The predicted molar refractivity (Wildman–Crippen MR) is 107 cm³/mol. The lowest BCUT2D eigenvalue weighted by Crippen LogP contribution is -2.24. The van der Waals surface area contributed by atoms with Crippen LogP contribution in [-0.2, 0) is 24.4 Å². The summed E-state index contributed by atoms with van der Waals surface area (Å²) in [5, 5.41) is 8.80. The lowest BCUT2D eigenvalue weighted by molar-refractivity contribution is -0.144. The summed E-state index contributed by atoms with van der Waals surface area (Å²) in [6, 6.07) is 6.28. The van der Waals surface area contributed by atoms with Crippen LogP contribution in [0.15, 0.2) is 30.5 Å². The van der Waals surface area contributed by atoms with Crippen molar-refractivity contribution in [2.24, 2.45) is 0 Å². The molecule has 0 atom stereocenters. The first-order valence-corrected chi connectivity index (χ1v) is 10.1. The molecule has 0 saturated heterocycles. The van der Waals surface area contributed by atoms with Crippen molar-refractivity contribution >= 4 is 22.8 Å². The standard InChI is InChI=1S/C20H20F6N6O2/c21-19(22,23)5-3-17(33)27-10-12-1-2-13-15(9-12)30-16(29-13)11-28-18(34)14-4-7-32(31-14)8-6-20(24,25)26/h1-2,4,7,9H,3,5-6,8,10-11H2,(H,27,33)(H,28,34)(H,29,30). The molecule has 0 aliphatic rings. The van der Waals surface area contributed by atoms with Gasteiger partial charge >= 0.3 is 12.4 Å². The van der Waals surface area contributed by atoms with Crippen LogP contribution in [0.2, 0.25) is 0 Å². The van der Waals surface area contributed by atoms with Crippen LogP contribution < -0.4 is 10.6 Å². The summed E-state index contributed by atoms with van der Waals surface area (Å²) in [5.41, 5.74) is 1.74. The Morgan fingerprint density at radius 1 is 0.971 bits per heavy atom. The monoisotopic (exact) mass is 490 g/mol. The summed E-state index contributed by atoms with van der Waals surface area (Å²) in [5.74, 6) is -0.911. The zero-order valence-electron chi connectivity index (χ0n) is 17.6. The number of H-pyrrole nitrogens is 1. The molecule has 0 bridgehead atoms. The third-order valence-corrected chi connectivity index (χ3v) is 4.63. The van der Waals surface area contributed by atoms with E-state index in [1.807, 2.05) is 0 Å². The highest BCUT2D eigenvalue weighted by Gasteiger charge is 2.28. The highest BCUT2D eigenvalue weighted by Crippen LogP contribution is 2.21. The Balaban J connectivity index is 1.51. The molecule has 3 aromatic rings. The summed E-state index contributed by atoms with van der Waals surface area (Å²) in [6.07, 6.45) is -10.3. The number of carbonyl (C=O) groups excluding carboxylic acids is 2. The minimum Gasteiger partial charge on any atom is -0.352 e. The molecular formula is C20H20F6N6O2. The first-order chi connectivity index (χ1) is 15.9. The van der Waals surface area contributed by atoms with E-state index >= 15 is 0 Å². The van der Waals surface area contributed by atoms with E-state index in [1.165, 1.54) is 12.3 Å². The Bertz CT molecular complexity index is 1150. The van der Waals surface area contributed by atoms with E-state index in [2.05, 4.69) is 25.7 Å². The molecule has 8 nitrogen and oxygen atoms in total. The van der Waals surface area contributed by atoms with Gasteiger partial charge in [-0.3, -0.25) is 14.3 Å². The third-order valence-electron chi connectivity index (χ3n) is 4.63. The van der Waals surface area contributed by atoms with Crippen LogP contribution in [0.5, 0.6) is 0 Å². The Kier molecular flexibility index (Phi) is 7.47. The fraction of sp³-hybridized carbons (Fsp3) is 0.400. The van der Waals surface area contributed by atoms with E-state index in [0.29, 0.717) is 22.4 Å². The fourth-order valence-electron chi connectivity index (χ4n) is 2.95. The van der Waals surface area contributed by atoms with Crippen molar-refractivity contribution in [3.05, 3.63) is 47.5 Å². The van der Waals surface area contributed by atoms with E-state index in [4.69, 9.17) is 0 Å². The lowest BCUT2D eigenvalue weighted by atomic mass is 10.2. The molecule has 0 aliphatic heterocycles. The van der Waals surface area contributed by atoms with Crippen molar-refractivity contribution in [3.63, 3.8) is 0 Å². The van der Waals surface area contributed by atoms with Crippen molar-refractivity contribution in [1.29, 1.82) is 0 Å². The molecule has 1 aromatic carbocycles. The number of rotatable bonds is 9. The van der Waals surface area contributed by atoms with Crippen LogP contribution in [0.1, 0.15) is 41.1 Å². The van der Waals surface area contributed by atoms with Crippen molar-refractivity contribution in [3.8, 4) is 0 Å². The smallest absolute Gasteiger partial charge is 0.352 e. The molecule has 0 unspecified atom stereocenters. The van der Waals surface area contributed by atoms with Gasteiger partial charge in [-0.15, -0.1) is 0 Å². The number of fused-ring (bicyclic) bond motifs is 1. The van der Waals surface area contributed by atoms with Crippen LogP contribution in [0, 0.1) is 0 Å². The molecule has 0 aliphatic carbocycles. The molecule has 2 heterocycles. The number of halogens is 6. The molecule has 184 valence electrons. The average molecular weight is 490 g/mol. The Morgan fingerprint density at radius 3 is 2.41 bits per heavy atom. The van der Waals surface area contributed by atoms with Crippen molar-refractivity contribution < 1.29 is 35.9 Å². The number of imidazole rings is 1. The van der Waals surface area contributed by atoms with Crippen LogP contribution >= 0.6 is 0 Å². The zero-order chi connectivity index (χ0) is 24.9. The second-order valence-corrected chi connectivity index (χ2v) is 7.44. The zero-order valence-corrected chi connectivity index (χ0v) is 17.6. The minimum atomic E-state index is -4.40. The number of alkyl halides is 6. The SMILES string of the molecule is O=C(CCC(F)(F)F)NCc1ccc2nc(CNC(=O)c3ccn(CCC(F)(F)F)n3)[nH]c2c1. The second kappa shape index (κ2) is 10.1. The topological polar surface area (TPSA) is 105 Å². The number of nitrogens with one attached hydrogen (secondary N) is 3. The molecule has 0 spiro atoms. The maximum Gasteiger partial charge on any atom is 0.390 e. The molecule has 2 aromatic heterocycles. The van der Waals surface area contributed by atoms with Crippen LogP contribution in [0.4, 0.5) is 26.3 Å². The summed E-state index contributed by atoms with van der Waals surface area (Å²) in [6.45, 7) is -0.368. The molecular weight excluding hydrogens is 470 g/mol. The number of nitrogens with zero attached hydrogens (tertiary/aromatic N) is 3. The highest BCUT2D eigenvalue weighted by molar-refractivity contribution is 5.92. The summed E-state index contributed by atoms with van der Waals surface area (Å²) >= 11 is 0. The second-order valence-electron chi connectivity index (χ2n) is 7.44. The number of aryl methyl sites for hydroxylation is 1. The minimum absolute atomic E-state index is 0.00750. The largest absolute Gasteiger partial charge is 0.390 e. The van der Waals surface area contributed by atoms with Crippen molar-refractivity contribution in [2.75, 3.05) is 0 Å². The van der Waals surface area contributed by atoms with E-state index in [-0.39, 0.29) is 18.8 Å². The Hall–Kier alpha value is -3.58. The molecule has 34 heavy (non-hydrogen) atoms. The molecule has 14 heteroatoms. The highest BCUT2D eigenvalue weighted by atomic mass is 19.4. The van der Waals surface area contributed by atoms with Gasteiger partial charge in [0, 0.05) is 25.7 Å². The Labute approximate surface area is 188 Å². The number of hydrogen-bond acceptors (Lipinski definition) is 4. The van der Waals surface area contributed by atoms with Crippen molar-refractivity contribution in [2.45, 2.75) is 51.2 Å². The maximum absolute atomic E-state index is 12.3. The van der Waals surface area contributed by atoms with Gasteiger partial charge in [0.1, 0.15) is 11.5 Å². The van der Waals surface area contributed by atoms with E-state index < -0.39 is 50.0 Å². The van der Waals surface area contributed by atoms with Crippen molar-refractivity contribution in [1.82, 2.24) is 30.4 Å². The number of aromatic amines is 1. The maximum atomic E-state index is 12.3.